The van der Waals surface area contributed by atoms with Gasteiger partial charge >= 0.3 is 6.18 Å². The molecule has 1 aliphatic rings. The maximum atomic E-state index is 12.7. The van der Waals surface area contributed by atoms with E-state index in [0.29, 0.717) is 24.2 Å². The minimum atomic E-state index is -4.42. The minimum absolute atomic E-state index is 0.267. The second kappa shape index (κ2) is 5.79. The molecule has 0 bridgehead atoms. The number of benzene rings is 1. The molecule has 0 aliphatic heterocycles. The molecule has 2 rings (SSSR count). The van der Waals surface area contributed by atoms with Gasteiger partial charge in [0, 0.05) is 29.4 Å². The number of carbonyl (C=O) groups is 1. The van der Waals surface area contributed by atoms with Crippen LogP contribution in [0.5, 0.6) is 0 Å². The normalized spacial score (nSPS) is 18.1. The second-order valence-electron chi connectivity index (χ2n) is 5.19. The van der Waals surface area contributed by atoms with E-state index in [1.807, 2.05) is 0 Å². The first-order valence-electron chi connectivity index (χ1n) is 6.52. The molecular formula is C14H16F3NO2S. The Labute approximate surface area is 123 Å². The molecule has 0 saturated heterocycles. The Kier molecular flexibility index (Phi) is 4.41. The van der Waals surface area contributed by atoms with Crippen LogP contribution in [0.3, 0.4) is 0 Å². The summed E-state index contributed by atoms with van der Waals surface area (Å²) >= 11 is 0. The van der Waals surface area contributed by atoms with E-state index in [4.69, 9.17) is 0 Å². The number of nitrogens with one attached hydrogen (secondary N) is 1. The van der Waals surface area contributed by atoms with Crippen LogP contribution >= 0.6 is 0 Å². The molecular weight excluding hydrogens is 303 g/mol. The van der Waals surface area contributed by atoms with Crippen LogP contribution < -0.4 is 5.32 Å². The lowest BCUT2D eigenvalue weighted by Crippen LogP contribution is -2.36. The average molecular weight is 319 g/mol. The van der Waals surface area contributed by atoms with E-state index in [1.54, 1.807) is 6.07 Å². The Bertz CT molecular complexity index is 568. The van der Waals surface area contributed by atoms with Gasteiger partial charge < -0.3 is 5.32 Å². The summed E-state index contributed by atoms with van der Waals surface area (Å²) in [6.45, 7) is 0.267. The van der Waals surface area contributed by atoms with Crippen LogP contribution in [-0.4, -0.2) is 28.7 Å². The van der Waals surface area contributed by atoms with Gasteiger partial charge in [-0.2, -0.15) is 13.2 Å². The minimum Gasteiger partial charge on any atom is -0.354 e. The van der Waals surface area contributed by atoms with Gasteiger partial charge in [-0.3, -0.25) is 9.00 Å². The molecule has 0 spiro atoms. The predicted molar refractivity (Wildman–Crippen MR) is 74.3 cm³/mol. The van der Waals surface area contributed by atoms with Crippen molar-refractivity contribution < 1.29 is 22.2 Å². The van der Waals surface area contributed by atoms with Crippen molar-refractivity contribution in [2.75, 3.05) is 18.6 Å². The van der Waals surface area contributed by atoms with Gasteiger partial charge in [-0.05, 0) is 24.5 Å². The molecule has 1 amide bonds. The number of hydrogen-bond donors (Lipinski definition) is 1. The molecule has 1 atom stereocenters. The van der Waals surface area contributed by atoms with Crippen LogP contribution in [0.2, 0.25) is 0 Å². The molecule has 1 aromatic carbocycles. The Hall–Kier alpha value is -1.37. The van der Waals surface area contributed by atoms with Crippen LogP contribution in [0.1, 0.15) is 24.0 Å². The van der Waals surface area contributed by atoms with E-state index in [1.165, 1.54) is 12.3 Å². The smallest absolute Gasteiger partial charge is 0.354 e. The monoisotopic (exact) mass is 319 g/mol. The van der Waals surface area contributed by atoms with Gasteiger partial charge in [0.25, 0.3) is 0 Å². The van der Waals surface area contributed by atoms with Crippen LogP contribution in [-0.2, 0) is 27.2 Å². The molecule has 21 heavy (non-hydrogen) atoms. The molecule has 1 saturated carbocycles. The number of rotatable bonds is 5. The van der Waals surface area contributed by atoms with E-state index in [0.717, 1.165) is 12.1 Å². The summed E-state index contributed by atoms with van der Waals surface area (Å²) in [4.78, 5) is 12.2. The molecule has 1 aliphatic carbocycles. The van der Waals surface area contributed by atoms with Gasteiger partial charge in [0.2, 0.25) is 5.91 Å². The highest BCUT2D eigenvalue weighted by Crippen LogP contribution is 2.49. The fraction of sp³-hybridized carbons (Fsp3) is 0.500. The van der Waals surface area contributed by atoms with Crippen LogP contribution in [0.25, 0.3) is 0 Å². The Morgan fingerprint density at radius 3 is 2.57 bits per heavy atom. The zero-order chi connectivity index (χ0) is 15.7. The van der Waals surface area contributed by atoms with E-state index < -0.39 is 28.0 Å². The van der Waals surface area contributed by atoms with Gasteiger partial charge in [0.15, 0.2) is 0 Å². The van der Waals surface area contributed by atoms with Gasteiger partial charge in [0.05, 0.1) is 11.0 Å². The van der Waals surface area contributed by atoms with Crippen molar-refractivity contribution in [3.05, 3.63) is 35.4 Å². The van der Waals surface area contributed by atoms with Gasteiger partial charge in [-0.15, -0.1) is 0 Å². The van der Waals surface area contributed by atoms with Crippen LogP contribution in [0.15, 0.2) is 24.3 Å². The van der Waals surface area contributed by atoms with Crippen LogP contribution in [0.4, 0.5) is 13.2 Å². The molecule has 0 radical (unpaired) electrons. The molecule has 1 N–H and O–H groups in total. The van der Waals surface area contributed by atoms with Crippen LogP contribution in [0, 0.1) is 0 Å². The number of carbonyl (C=O) groups excluding carboxylic acids is 1. The first-order chi connectivity index (χ1) is 9.75. The number of halogens is 3. The molecule has 3 nitrogen and oxygen atoms in total. The first-order valence-corrected chi connectivity index (χ1v) is 8.24. The fourth-order valence-electron chi connectivity index (χ4n) is 2.24. The lowest BCUT2D eigenvalue weighted by Gasteiger charge is -2.17. The summed E-state index contributed by atoms with van der Waals surface area (Å²) < 4.78 is 49.2. The SMILES string of the molecule is CS(=O)CCNC(=O)C1(c2cccc(C(F)(F)F)c2)CC1. The fourth-order valence-corrected chi connectivity index (χ4v) is 2.63. The van der Waals surface area contributed by atoms with Crippen molar-refractivity contribution >= 4 is 16.7 Å². The van der Waals surface area contributed by atoms with E-state index in [2.05, 4.69) is 5.32 Å². The Morgan fingerprint density at radius 2 is 2.05 bits per heavy atom. The summed E-state index contributed by atoms with van der Waals surface area (Å²) in [7, 11) is -1.01. The first kappa shape index (κ1) is 16.0. The molecule has 116 valence electrons. The zero-order valence-corrected chi connectivity index (χ0v) is 12.3. The number of hydrogen-bond acceptors (Lipinski definition) is 2. The third-order valence-corrected chi connectivity index (χ3v) is 4.38. The lowest BCUT2D eigenvalue weighted by atomic mass is 9.93. The number of amides is 1. The quantitative estimate of drug-likeness (QED) is 0.905. The average Bonchev–Trinajstić information content (AvgIpc) is 3.19. The summed E-state index contributed by atoms with van der Waals surface area (Å²) in [5.74, 6) is 0.0528. The topological polar surface area (TPSA) is 46.2 Å². The molecule has 0 heterocycles. The van der Waals surface area contributed by atoms with Crippen molar-refractivity contribution in [2.45, 2.75) is 24.4 Å². The third kappa shape index (κ3) is 3.64. The largest absolute Gasteiger partial charge is 0.416 e. The van der Waals surface area contributed by atoms with Crippen molar-refractivity contribution in [1.82, 2.24) is 5.32 Å². The van der Waals surface area contributed by atoms with Crippen molar-refractivity contribution in [2.24, 2.45) is 0 Å². The van der Waals surface area contributed by atoms with Crippen molar-refractivity contribution in [1.29, 1.82) is 0 Å². The van der Waals surface area contributed by atoms with Crippen molar-refractivity contribution in [3.8, 4) is 0 Å². The summed E-state index contributed by atoms with van der Waals surface area (Å²) in [6, 6.07) is 4.93. The maximum Gasteiger partial charge on any atom is 0.416 e. The highest BCUT2D eigenvalue weighted by molar-refractivity contribution is 7.84. The second-order valence-corrected chi connectivity index (χ2v) is 6.75. The third-order valence-electron chi connectivity index (χ3n) is 3.60. The highest BCUT2D eigenvalue weighted by atomic mass is 32.2. The maximum absolute atomic E-state index is 12.7. The molecule has 1 unspecified atom stereocenters. The molecule has 0 aromatic heterocycles. The van der Waals surface area contributed by atoms with E-state index in [9.17, 15) is 22.2 Å². The Morgan fingerprint density at radius 1 is 1.38 bits per heavy atom. The van der Waals surface area contributed by atoms with Gasteiger partial charge in [-0.25, -0.2) is 0 Å². The molecule has 7 heteroatoms. The summed E-state index contributed by atoms with van der Waals surface area (Å²) in [6.07, 6.45) is -1.81. The summed E-state index contributed by atoms with van der Waals surface area (Å²) in [5.41, 5.74) is -1.20. The van der Waals surface area contributed by atoms with E-state index in [-0.39, 0.29) is 12.5 Å². The van der Waals surface area contributed by atoms with E-state index >= 15 is 0 Å². The highest BCUT2D eigenvalue weighted by Gasteiger charge is 2.51. The van der Waals surface area contributed by atoms with Gasteiger partial charge in [-0.1, -0.05) is 18.2 Å². The number of alkyl halides is 3. The zero-order valence-electron chi connectivity index (χ0n) is 11.5. The van der Waals surface area contributed by atoms with Gasteiger partial charge in [0.1, 0.15) is 0 Å². The van der Waals surface area contributed by atoms with Crippen molar-refractivity contribution in [3.63, 3.8) is 0 Å². The molecule has 1 aromatic rings. The molecule has 1 fully saturated rings. The summed E-state index contributed by atoms with van der Waals surface area (Å²) in [5, 5.41) is 2.66. The standard InChI is InChI=1S/C14H16F3NO2S/c1-21(20)8-7-18-12(19)13(5-6-13)10-3-2-4-11(9-10)14(15,16)17/h2-4,9H,5-8H2,1H3,(H,18,19). The Balaban J connectivity index is 2.13. The predicted octanol–water partition coefficient (Wildman–Crippen LogP) is 2.23. The lowest BCUT2D eigenvalue weighted by molar-refractivity contribution is -0.137.